The van der Waals surface area contributed by atoms with Crippen LogP contribution in [0.1, 0.15) is 51.2 Å². The van der Waals surface area contributed by atoms with E-state index in [-0.39, 0.29) is 44.0 Å². The van der Waals surface area contributed by atoms with Crippen LogP contribution in [0.5, 0.6) is 11.5 Å². The molecule has 0 aliphatic carbocycles. The monoisotopic (exact) mass is 531 g/mol. The summed E-state index contributed by atoms with van der Waals surface area (Å²) >= 11 is 0. The molecule has 37 heavy (non-hydrogen) atoms. The van der Waals surface area contributed by atoms with Crippen molar-refractivity contribution in [1.82, 2.24) is 10.2 Å². The summed E-state index contributed by atoms with van der Waals surface area (Å²) < 4.78 is 37.1. The first-order valence-electron chi connectivity index (χ1n) is 12.5. The van der Waals surface area contributed by atoms with E-state index >= 15 is 0 Å². The standard InChI is InChI=1S/C27H37N3O6S/c1-6-20(3)28-27(32)21(4)29(17-22-11-8-7-10-19(22)2)26(31)12-9-15-30(37(5,33)34)23-13-14-24-25(16-23)36-18-35-24/h7-8,10-11,13-14,16,20-21H,6,9,12,15,17-18H2,1-5H3,(H,28,32)/t20-,21+/m0/s1. The maximum Gasteiger partial charge on any atom is 0.242 e. The highest BCUT2D eigenvalue weighted by Gasteiger charge is 2.28. The Hall–Kier alpha value is -3.27. The molecule has 0 radical (unpaired) electrons. The van der Waals surface area contributed by atoms with Crippen LogP contribution in [0.25, 0.3) is 0 Å². The lowest BCUT2D eigenvalue weighted by Gasteiger charge is -2.30. The van der Waals surface area contributed by atoms with Gasteiger partial charge < -0.3 is 19.7 Å². The summed E-state index contributed by atoms with van der Waals surface area (Å²) in [6, 6.07) is 12.0. The van der Waals surface area contributed by atoms with E-state index in [4.69, 9.17) is 9.47 Å². The topological polar surface area (TPSA) is 105 Å². The molecule has 2 atom stereocenters. The number of carbonyl (C=O) groups is 2. The van der Waals surface area contributed by atoms with Crippen molar-refractivity contribution in [3.8, 4) is 11.5 Å². The first kappa shape index (κ1) is 28.3. The van der Waals surface area contributed by atoms with Gasteiger partial charge in [-0.2, -0.15) is 0 Å². The zero-order valence-electron chi connectivity index (χ0n) is 22.2. The van der Waals surface area contributed by atoms with Crippen LogP contribution in [0, 0.1) is 6.92 Å². The number of aryl methyl sites for hydroxylation is 1. The summed E-state index contributed by atoms with van der Waals surface area (Å²) in [4.78, 5) is 27.9. The van der Waals surface area contributed by atoms with E-state index in [0.29, 0.717) is 23.7 Å². The molecule has 3 rings (SSSR count). The molecule has 2 aromatic rings. The number of fused-ring (bicyclic) bond motifs is 1. The van der Waals surface area contributed by atoms with Gasteiger partial charge in [-0.15, -0.1) is 0 Å². The second-order valence-electron chi connectivity index (χ2n) is 9.42. The fourth-order valence-electron chi connectivity index (χ4n) is 4.06. The van der Waals surface area contributed by atoms with Gasteiger partial charge in [-0.1, -0.05) is 31.2 Å². The van der Waals surface area contributed by atoms with Gasteiger partial charge in [0.15, 0.2) is 11.5 Å². The Bertz CT molecular complexity index is 1220. The van der Waals surface area contributed by atoms with Gasteiger partial charge in [0.25, 0.3) is 0 Å². The van der Waals surface area contributed by atoms with Gasteiger partial charge in [0.05, 0.1) is 11.9 Å². The highest BCUT2D eigenvalue weighted by molar-refractivity contribution is 7.92. The van der Waals surface area contributed by atoms with Crippen molar-refractivity contribution < 1.29 is 27.5 Å². The van der Waals surface area contributed by atoms with Crippen molar-refractivity contribution in [3.05, 3.63) is 53.6 Å². The van der Waals surface area contributed by atoms with Gasteiger partial charge in [-0.05, 0) is 56.9 Å². The summed E-state index contributed by atoms with van der Waals surface area (Å²) in [5.41, 5.74) is 2.43. The Morgan fingerprint density at radius 3 is 2.46 bits per heavy atom. The van der Waals surface area contributed by atoms with Gasteiger partial charge in [-0.25, -0.2) is 8.42 Å². The normalized spacial score (nSPS) is 14.1. The van der Waals surface area contributed by atoms with Crippen molar-refractivity contribution in [3.63, 3.8) is 0 Å². The second-order valence-corrected chi connectivity index (χ2v) is 11.3. The number of ether oxygens (including phenoxy) is 2. The highest BCUT2D eigenvalue weighted by Crippen LogP contribution is 2.36. The number of nitrogens with one attached hydrogen (secondary N) is 1. The van der Waals surface area contributed by atoms with Crippen LogP contribution in [-0.4, -0.2) is 56.8 Å². The van der Waals surface area contributed by atoms with Gasteiger partial charge in [0.1, 0.15) is 6.04 Å². The molecule has 9 nitrogen and oxygen atoms in total. The van der Waals surface area contributed by atoms with Crippen molar-refractivity contribution in [1.29, 1.82) is 0 Å². The van der Waals surface area contributed by atoms with Gasteiger partial charge in [-0.3, -0.25) is 13.9 Å². The number of rotatable bonds is 12. The van der Waals surface area contributed by atoms with Crippen LogP contribution in [-0.2, 0) is 26.2 Å². The average molecular weight is 532 g/mol. The quantitative estimate of drug-likeness (QED) is 0.449. The van der Waals surface area contributed by atoms with E-state index in [0.717, 1.165) is 23.8 Å². The Labute approximate surface area is 219 Å². The average Bonchev–Trinajstić information content (AvgIpc) is 3.32. The zero-order chi connectivity index (χ0) is 27.2. The number of anilines is 1. The number of benzene rings is 2. The van der Waals surface area contributed by atoms with Crippen LogP contribution in [0.2, 0.25) is 0 Å². The Morgan fingerprint density at radius 2 is 1.78 bits per heavy atom. The maximum atomic E-state index is 13.4. The number of hydrogen-bond acceptors (Lipinski definition) is 6. The third-order valence-corrected chi connectivity index (χ3v) is 7.76. The fourth-order valence-corrected chi connectivity index (χ4v) is 5.02. The highest BCUT2D eigenvalue weighted by atomic mass is 32.2. The number of amides is 2. The molecule has 0 aromatic heterocycles. The largest absolute Gasteiger partial charge is 0.454 e. The van der Waals surface area contributed by atoms with Crippen LogP contribution in [0.3, 0.4) is 0 Å². The van der Waals surface area contributed by atoms with Gasteiger partial charge in [0.2, 0.25) is 28.6 Å². The molecule has 0 saturated heterocycles. The molecule has 2 aromatic carbocycles. The Balaban J connectivity index is 1.74. The summed E-state index contributed by atoms with van der Waals surface area (Å²) in [5, 5.41) is 2.96. The van der Waals surface area contributed by atoms with E-state index in [1.54, 1.807) is 30.0 Å². The molecule has 202 valence electrons. The molecule has 2 amide bonds. The molecule has 1 heterocycles. The third-order valence-electron chi connectivity index (χ3n) is 6.57. The zero-order valence-corrected chi connectivity index (χ0v) is 23.0. The van der Waals surface area contributed by atoms with Crippen LogP contribution in [0.15, 0.2) is 42.5 Å². The molecule has 0 fully saturated rings. The second kappa shape index (κ2) is 12.3. The smallest absolute Gasteiger partial charge is 0.242 e. The lowest BCUT2D eigenvalue weighted by atomic mass is 10.1. The first-order chi connectivity index (χ1) is 17.5. The number of hydrogen-bond donors (Lipinski definition) is 1. The summed E-state index contributed by atoms with van der Waals surface area (Å²) in [6.45, 7) is 8.09. The van der Waals surface area contributed by atoms with Crippen LogP contribution >= 0.6 is 0 Å². The molecule has 1 aliphatic heterocycles. The predicted octanol–water partition coefficient (Wildman–Crippen LogP) is 3.60. The Kier molecular flexibility index (Phi) is 9.42. The summed E-state index contributed by atoms with van der Waals surface area (Å²) in [6.07, 6.45) is 2.28. The Morgan fingerprint density at radius 1 is 1.08 bits per heavy atom. The van der Waals surface area contributed by atoms with E-state index in [9.17, 15) is 18.0 Å². The minimum atomic E-state index is -3.61. The van der Waals surface area contributed by atoms with E-state index in [1.807, 2.05) is 45.0 Å². The van der Waals surface area contributed by atoms with Crippen LogP contribution in [0.4, 0.5) is 5.69 Å². The first-order valence-corrected chi connectivity index (χ1v) is 14.4. The SMILES string of the molecule is CC[C@H](C)NC(=O)[C@@H](C)N(Cc1ccccc1C)C(=O)CCCN(c1ccc2c(c1)OCO2)S(C)(=O)=O. The number of sulfonamides is 1. The molecule has 1 N–H and O–H groups in total. The minimum absolute atomic E-state index is 0.00427. The van der Waals surface area contributed by atoms with E-state index < -0.39 is 16.1 Å². The van der Waals surface area contributed by atoms with Crippen molar-refractivity contribution >= 4 is 27.5 Å². The molecule has 0 saturated carbocycles. The molecule has 10 heteroatoms. The molecular formula is C27H37N3O6S. The molecule has 0 bridgehead atoms. The van der Waals surface area contributed by atoms with E-state index in [1.165, 1.54) is 4.31 Å². The number of carbonyl (C=O) groups excluding carboxylic acids is 2. The van der Waals surface area contributed by atoms with Crippen LogP contribution < -0.4 is 19.1 Å². The lowest BCUT2D eigenvalue weighted by molar-refractivity contribution is -0.140. The molecule has 1 aliphatic rings. The number of nitrogens with zero attached hydrogens (tertiary/aromatic N) is 2. The lowest BCUT2D eigenvalue weighted by Crippen LogP contribution is -2.49. The van der Waals surface area contributed by atoms with E-state index in [2.05, 4.69) is 5.32 Å². The molecule has 0 unspecified atom stereocenters. The third kappa shape index (κ3) is 7.38. The van der Waals surface area contributed by atoms with Crippen molar-refractivity contribution in [2.75, 3.05) is 23.9 Å². The minimum Gasteiger partial charge on any atom is -0.454 e. The maximum absolute atomic E-state index is 13.4. The van der Waals surface area contributed by atoms with Gasteiger partial charge in [0, 0.05) is 31.6 Å². The predicted molar refractivity (Wildman–Crippen MR) is 143 cm³/mol. The van der Waals surface area contributed by atoms with Crippen molar-refractivity contribution in [2.24, 2.45) is 0 Å². The molecule has 0 spiro atoms. The fraction of sp³-hybridized carbons (Fsp3) is 0.481. The summed E-state index contributed by atoms with van der Waals surface area (Å²) in [7, 11) is -3.61. The van der Waals surface area contributed by atoms with Gasteiger partial charge >= 0.3 is 0 Å². The van der Waals surface area contributed by atoms with Crippen molar-refractivity contribution in [2.45, 2.75) is 65.6 Å². The summed E-state index contributed by atoms with van der Waals surface area (Å²) in [5.74, 6) is 0.611. The molecular weight excluding hydrogens is 494 g/mol.